The topological polar surface area (TPSA) is 15.3 Å². The fourth-order valence-electron chi connectivity index (χ4n) is 2.16. The Morgan fingerprint density at radius 1 is 1.44 bits per heavy atom. The lowest BCUT2D eigenvalue weighted by Crippen LogP contribution is -2.42. The molecular formula is C13H19BrN2. The highest BCUT2D eigenvalue weighted by Crippen LogP contribution is 2.29. The summed E-state index contributed by atoms with van der Waals surface area (Å²) in [6.07, 6.45) is 1.20. The van der Waals surface area contributed by atoms with Crippen LogP contribution in [0.2, 0.25) is 0 Å². The molecule has 0 aliphatic carbocycles. The summed E-state index contributed by atoms with van der Waals surface area (Å²) in [6.45, 7) is 6.62. The molecular weight excluding hydrogens is 264 g/mol. The fraction of sp³-hybridized carbons (Fsp3) is 0.538. The van der Waals surface area contributed by atoms with Gasteiger partial charge in [-0.1, -0.05) is 22.0 Å². The number of aryl methyl sites for hydroxylation is 1. The van der Waals surface area contributed by atoms with Gasteiger partial charge in [0.1, 0.15) is 0 Å². The molecule has 1 saturated heterocycles. The van der Waals surface area contributed by atoms with Gasteiger partial charge in [0, 0.05) is 28.8 Å². The Balaban J connectivity index is 2.17. The second-order valence-corrected chi connectivity index (χ2v) is 5.77. The maximum Gasteiger partial charge on any atom is 0.0378 e. The van der Waals surface area contributed by atoms with Gasteiger partial charge in [-0.05, 0) is 45.0 Å². The van der Waals surface area contributed by atoms with Gasteiger partial charge in [-0.25, -0.2) is 0 Å². The summed E-state index contributed by atoms with van der Waals surface area (Å²) in [7, 11) is 2.05. The Kier molecular flexibility index (Phi) is 3.27. The minimum absolute atomic E-state index is 0.261. The number of nitrogens with zero attached hydrogens (tertiary/aromatic N) is 1. The molecule has 16 heavy (non-hydrogen) atoms. The molecule has 0 saturated carbocycles. The van der Waals surface area contributed by atoms with Crippen LogP contribution in [0.1, 0.15) is 18.9 Å². The van der Waals surface area contributed by atoms with Gasteiger partial charge in [-0.15, -0.1) is 0 Å². The Bertz CT molecular complexity index is 392. The molecule has 1 N–H and O–H groups in total. The number of halogens is 1. The maximum atomic E-state index is 3.60. The molecule has 88 valence electrons. The van der Waals surface area contributed by atoms with E-state index < -0.39 is 0 Å². The number of anilines is 1. The van der Waals surface area contributed by atoms with Gasteiger partial charge in [0.15, 0.2) is 0 Å². The van der Waals surface area contributed by atoms with Gasteiger partial charge in [-0.3, -0.25) is 0 Å². The summed E-state index contributed by atoms with van der Waals surface area (Å²) in [4.78, 5) is 2.45. The van der Waals surface area contributed by atoms with E-state index in [0.29, 0.717) is 0 Å². The lowest BCUT2D eigenvalue weighted by molar-refractivity contribution is 0.428. The van der Waals surface area contributed by atoms with Crippen molar-refractivity contribution in [2.24, 2.45) is 0 Å². The normalized spacial score (nSPS) is 25.1. The predicted molar refractivity (Wildman–Crippen MR) is 73.2 cm³/mol. The third kappa shape index (κ3) is 2.25. The van der Waals surface area contributed by atoms with Crippen molar-refractivity contribution in [2.45, 2.75) is 25.8 Å². The van der Waals surface area contributed by atoms with Crippen LogP contribution in [0.3, 0.4) is 0 Å². The molecule has 0 radical (unpaired) electrons. The Morgan fingerprint density at radius 3 is 2.75 bits per heavy atom. The summed E-state index contributed by atoms with van der Waals surface area (Å²) < 4.78 is 1.20. The minimum Gasteiger partial charge on any atom is -0.370 e. The van der Waals surface area contributed by atoms with Crippen LogP contribution in [0.25, 0.3) is 0 Å². The predicted octanol–water partition coefficient (Wildman–Crippen LogP) is 2.95. The Morgan fingerprint density at radius 2 is 2.19 bits per heavy atom. The molecule has 0 aromatic heterocycles. The van der Waals surface area contributed by atoms with Gasteiger partial charge in [0.2, 0.25) is 0 Å². The highest BCUT2D eigenvalue weighted by molar-refractivity contribution is 9.10. The van der Waals surface area contributed by atoms with E-state index in [1.807, 2.05) is 0 Å². The average molecular weight is 283 g/mol. The van der Waals surface area contributed by atoms with Gasteiger partial charge in [0.05, 0.1) is 0 Å². The molecule has 1 unspecified atom stereocenters. The van der Waals surface area contributed by atoms with Crippen molar-refractivity contribution in [3.8, 4) is 0 Å². The standard InChI is InChI=1S/C13H19BrN2/c1-10-4-5-11(8-12(10)14)16-7-6-13(2,9-16)15-3/h4-5,8,15H,6-7,9H2,1-3H3. The molecule has 0 spiro atoms. The smallest absolute Gasteiger partial charge is 0.0378 e. The van der Waals surface area contributed by atoms with Crippen molar-refractivity contribution in [3.63, 3.8) is 0 Å². The zero-order valence-corrected chi connectivity index (χ0v) is 11.8. The molecule has 1 aliphatic heterocycles. The van der Waals surface area contributed by atoms with E-state index >= 15 is 0 Å². The summed E-state index contributed by atoms with van der Waals surface area (Å²) in [6, 6.07) is 6.60. The highest BCUT2D eigenvalue weighted by atomic mass is 79.9. The first kappa shape index (κ1) is 11.9. The van der Waals surface area contributed by atoms with Gasteiger partial charge >= 0.3 is 0 Å². The minimum atomic E-state index is 0.261. The molecule has 2 rings (SSSR count). The number of hydrogen-bond donors (Lipinski definition) is 1. The van der Waals surface area contributed by atoms with E-state index in [-0.39, 0.29) is 5.54 Å². The summed E-state index contributed by atoms with van der Waals surface area (Å²) in [5.74, 6) is 0. The van der Waals surface area contributed by atoms with Gasteiger partial charge in [-0.2, -0.15) is 0 Å². The third-order valence-electron chi connectivity index (χ3n) is 3.60. The van der Waals surface area contributed by atoms with Crippen LogP contribution in [0.5, 0.6) is 0 Å². The van der Waals surface area contributed by atoms with Gasteiger partial charge in [0.25, 0.3) is 0 Å². The van der Waals surface area contributed by atoms with E-state index in [2.05, 4.69) is 65.2 Å². The maximum absolute atomic E-state index is 3.60. The summed E-state index contributed by atoms with van der Waals surface area (Å²) >= 11 is 3.60. The van der Waals surface area contributed by atoms with Crippen LogP contribution in [0, 0.1) is 6.92 Å². The molecule has 1 aliphatic rings. The van der Waals surface area contributed by atoms with E-state index in [4.69, 9.17) is 0 Å². The van der Waals surface area contributed by atoms with Crippen LogP contribution >= 0.6 is 15.9 Å². The SMILES string of the molecule is CNC1(C)CCN(c2ccc(C)c(Br)c2)C1. The van der Waals surface area contributed by atoms with Crippen LogP contribution < -0.4 is 10.2 Å². The number of nitrogens with one attached hydrogen (secondary N) is 1. The van der Waals surface area contributed by atoms with E-state index in [9.17, 15) is 0 Å². The van der Waals surface area contributed by atoms with Crippen LogP contribution in [0.4, 0.5) is 5.69 Å². The van der Waals surface area contributed by atoms with Crippen molar-refractivity contribution in [1.82, 2.24) is 5.32 Å². The Labute approximate surface area is 106 Å². The second kappa shape index (κ2) is 4.38. The zero-order chi connectivity index (χ0) is 11.8. The molecule has 0 bridgehead atoms. The largest absolute Gasteiger partial charge is 0.370 e. The first-order valence-corrected chi connectivity index (χ1v) is 6.53. The number of likely N-dealkylation sites (N-methyl/N-ethyl adjacent to an activating group) is 1. The quantitative estimate of drug-likeness (QED) is 0.897. The molecule has 1 aromatic rings. The molecule has 2 nitrogen and oxygen atoms in total. The molecule has 3 heteroatoms. The van der Waals surface area contributed by atoms with E-state index in [0.717, 1.165) is 13.1 Å². The highest BCUT2D eigenvalue weighted by Gasteiger charge is 2.32. The van der Waals surface area contributed by atoms with Crippen molar-refractivity contribution in [1.29, 1.82) is 0 Å². The molecule has 1 atom stereocenters. The number of hydrogen-bond acceptors (Lipinski definition) is 2. The number of rotatable bonds is 2. The summed E-state index contributed by atoms with van der Waals surface area (Å²) in [5.41, 5.74) is 2.87. The van der Waals surface area contributed by atoms with Crippen molar-refractivity contribution < 1.29 is 0 Å². The zero-order valence-electron chi connectivity index (χ0n) is 10.2. The second-order valence-electron chi connectivity index (χ2n) is 4.92. The van der Waals surface area contributed by atoms with Gasteiger partial charge < -0.3 is 10.2 Å². The van der Waals surface area contributed by atoms with Crippen LogP contribution in [-0.2, 0) is 0 Å². The van der Waals surface area contributed by atoms with E-state index in [1.165, 1.54) is 22.1 Å². The molecule has 1 aromatic carbocycles. The molecule has 1 heterocycles. The molecule has 1 fully saturated rings. The van der Waals surface area contributed by atoms with Crippen molar-refractivity contribution >= 4 is 21.6 Å². The average Bonchev–Trinajstić information content (AvgIpc) is 2.66. The lowest BCUT2D eigenvalue weighted by atomic mass is 10.0. The monoisotopic (exact) mass is 282 g/mol. The lowest BCUT2D eigenvalue weighted by Gasteiger charge is -2.25. The van der Waals surface area contributed by atoms with Crippen LogP contribution in [-0.4, -0.2) is 25.7 Å². The van der Waals surface area contributed by atoms with E-state index in [1.54, 1.807) is 0 Å². The molecule has 0 amide bonds. The first-order valence-electron chi connectivity index (χ1n) is 5.74. The first-order chi connectivity index (χ1) is 7.54. The van der Waals surface area contributed by atoms with Crippen molar-refractivity contribution in [2.75, 3.05) is 25.0 Å². The fourth-order valence-corrected chi connectivity index (χ4v) is 2.53. The number of benzene rings is 1. The Hall–Kier alpha value is -0.540. The summed E-state index contributed by atoms with van der Waals surface area (Å²) in [5, 5.41) is 3.41. The van der Waals surface area contributed by atoms with Crippen molar-refractivity contribution in [3.05, 3.63) is 28.2 Å². The van der Waals surface area contributed by atoms with Crippen LogP contribution in [0.15, 0.2) is 22.7 Å². The third-order valence-corrected chi connectivity index (χ3v) is 4.45.